The summed E-state index contributed by atoms with van der Waals surface area (Å²) in [7, 11) is -3.42. The summed E-state index contributed by atoms with van der Waals surface area (Å²) in [5, 5.41) is 9.27. The Morgan fingerprint density at radius 1 is 1.44 bits per heavy atom. The fourth-order valence-corrected chi connectivity index (χ4v) is 2.82. The summed E-state index contributed by atoms with van der Waals surface area (Å²) in [6, 6.07) is -0.0215. The highest BCUT2D eigenvalue weighted by Gasteiger charge is 2.39. The molecule has 1 aliphatic heterocycles. The maximum Gasteiger partial charge on any atom is 0.264 e. The fourth-order valence-electron chi connectivity index (χ4n) is 2.19. The molecule has 1 N–H and O–H groups in total. The molecular formula is C10H21NO4S. The number of hydrogen-bond acceptors (Lipinski definition) is 5. The van der Waals surface area contributed by atoms with Crippen LogP contribution in [0.15, 0.2) is 0 Å². The molecule has 0 bridgehead atoms. The first-order valence-corrected chi connectivity index (χ1v) is 7.21. The first-order chi connectivity index (χ1) is 7.13. The van der Waals surface area contributed by atoms with Gasteiger partial charge in [-0.05, 0) is 27.2 Å². The van der Waals surface area contributed by atoms with Gasteiger partial charge in [0.1, 0.15) is 0 Å². The first kappa shape index (κ1) is 13.9. The maximum absolute atomic E-state index is 11.0. The zero-order chi connectivity index (χ0) is 12.6. The minimum Gasteiger partial charge on any atom is -0.395 e. The van der Waals surface area contributed by atoms with Crippen LogP contribution in [0, 0.1) is 0 Å². The molecule has 1 aliphatic rings. The molecule has 0 aliphatic carbocycles. The molecule has 0 amide bonds. The lowest BCUT2D eigenvalue weighted by Crippen LogP contribution is -2.46. The molecular weight excluding hydrogens is 230 g/mol. The monoisotopic (exact) mass is 251 g/mol. The van der Waals surface area contributed by atoms with E-state index in [-0.39, 0.29) is 24.3 Å². The van der Waals surface area contributed by atoms with Gasteiger partial charge in [-0.1, -0.05) is 0 Å². The van der Waals surface area contributed by atoms with Crippen molar-refractivity contribution in [2.45, 2.75) is 44.9 Å². The zero-order valence-corrected chi connectivity index (χ0v) is 11.1. The van der Waals surface area contributed by atoms with Crippen molar-refractivity contribution in [1.29, 1.82) is 0 Å². The number of nitrogens with zero attached hydrogens (tertiary/aromatic N) is 1. The van der Waals surface area contributed by atoms with E-state index < -0.39 is 10.1 Å². The summed E-state index contributed by atoms with van der Waals surface area (Å²) < 4.78 is 27.0. The number of likely N-dealkylation sites (tertiary alicyclic amines) is 1. The highest BCUT2D eigenvalue weighted by Crippen LogP contribution is 2.28. The molecule has 5 nitrogen and oxygen atoms in total. The highest BCUT2D eigenvalue weighted by molar-refractivity contribution is 7.86. The summed E-state index contributed by atoms with van der Waals surface area (Å²) in [6.45, 7) is 6.69. The quantitative estimate of drug-likeness (QED) is 0.726. The molecule has 0 radical (unpaired) electrons. The fraction of sp³-hybridized carbons (Fsp3) is 1.00. The third-order valence-electron chi connectivity index (χ3n) is 2.76. The Morgan fingerprint density at radius 3 is 2.31 bits per heavy atom. The second kappa shape index (κ2) is 4.60. The van der Waals surface area contributed by atoms with Crippen molar-refractivity contribution in [3.8, 4) is 0 Å². The second-order valence-electron chi connectivity index (χ2n) is 5.32. The van der Waals surface area contributed by atoms with E-state index in [2.05, 4.69) is 4.90 Å². The van der Waals surface area contributed by atoms with Crippen molar-refractivity contribution < 1.29 is 17.7 Å². The average Bonchev–Trinajstić information content (AvgIpc) is 2.43. The smallest absolute Gasteiger partial charge is 0.264 e. The van der Waals surface area contributed by atoms with Gasteiger partial charge in [0.2, 0.25) is 0 Å². The van der Waals surface area contributed by atoms with Gasteiger partial charge in [-0.2, -0.15) is 8.42 Å². The maximum atomic E-state index is 11.0. The molecule has 1 heterocycles. The lowest BCUT2D eigenvalue weighted by atomic mass is 10.1. The third kappa shape index (κ3) is 3.69. The van der Waals surface area contributed by atoms with Crippen LogP contribution in [0.5, 0.6) is 0 Å². The van der Waals surface area contributed by atoms with Gasteiger partial charge in [-0.3, -0.25) is 9.08 Å². The lowest BCUT2D eigenvalue weighted by molar-refractivity contribution is 0.0767. The predicted molar refractivity (Wildman–Crippen MR) is 61.7 cm³/mol. The Hall–Kier alpha value is -0.170. The third-order valence-corrected chi connectivity index (χ3v) is 3.38. The van der Waals surface area contributed by atoms with Crippen LogP contribution < -0.4 is 0 Å². The minimum atomic E-state index is -3.42. The van der Waals surface area contributed by atoms with Crippen molar-refractivity contribution in [3.05, 3.63) is 0 Å². The van der Waals surface area contributed by atoms with E-state index in [9.17, 15) is 13.5 Å². The van der Waals surface area contributed by atoms with Gasteiger partial charge in [-0.15, -0.1) is 0 Å². The van der Waals surface area contributed by atoms with E-state index in [0.29, 0.717) is 13.0 Å². The van der Waals surface area contributed by atoms with E-state index in [1.807, 2.05) is 20.8 Å². The van der Waals surface area contributed by atoms with Gasteiger partial charge >= 0.3 is 0 Å². The number of rotatable bonds is 3. The zero-order valence-electron chi connectivity index (χ0n) is 10.3. The van der Waals surface area contributed by atoms with Crippen molar-refractivity contribution in [1.82, 2.24) is 4.90 Å². The van der Waals surface area contributed by atoms with E-state index in [1.54, 1.807) is 0 Å². The molecule has 1 fully saturated rings. The van der Waals surface area contributed by atoms with E-state index in [0.717, 1.165) is 6.26 Å². The van der Waals surface area contributed by atoms with Gasteiger partial charge in [0, 0.05) is 18.1 Å². The Bertz CT molecular complexity index is 333. The molecule has 0 aromatic heterocycles. The van der Waals surface area contributed by atoms with E-state index >= 15 is 0 Å². The summed E-state index contributed by atoms with van der Waals surface area (Å²) in [5.74, 6) is 0. The Labute approximate surface area is 97.5 Å². The van der Waals surface area contributed by atoms with Gasteiger partial charge in [0.15, 0.2) is 0 Å². The van der Waals surface area contributed by atoms with Crippen molar-refractivity contribution in [2.24, 2.45) is 0 Å². The number of hydrogen-bond donors (Lipinski definition) is 1. The molecule has 0 aromatic rings. The molecule has 0 unspecified atom stereocenters. The molecule has 1 rings (SSSR count). The van der Waals surface area contributed by atoms with Crippen LogP contribution in [0.4, 0.5) is 0 Å². The van der Waals surface area contributed by atoms with Crippen LogP contribution in [-0.4, -0.2) is 55.5 Å². The molecule has 6 heteroatoms. The van der Waals surface area contributed by atoms with Crippen LogP contribution in [0.25, 0.3) is 0 Å². The molecule has 0 aromatic carbocycles. The van der Waals surface area contributed by atoms with Crippen LogP contribution in [-0.2, 0) is 14.3 Å². The van der Waals surface area contributed by atoms with Crippen LogP contribution in [0.1, 0.15) is 27.2 Å². The molecule has 2 atom stereocenters. The van der Waals surface area contributed by atoms with Gasteiger partial charge in [0.25, 0.3) is 10.1 Å². The van der Waals surface area contributed by atoms with Crippen LogP contribution in [0.3, 0.4) is 0 Å². The van der Waals surface area contributed by atoms with Crippen LogP contribution >= 0.6 is 0 Å². The van der Waals surface area contributed by atoms with Crippen molar-refractivity contribution in [3.63, 3.8) is 0 Å². The summed E-state index contributed by atoms with van der Waals surface area (Å²) >= 11 is 0. The minimum absolute atomic E-state index is 0.0215. The molecule has 16 heavy (non-hydrogen) atoms. The van der Waals surface area contributed by atoms with Gasteiger partial charge in [0.05, 0.1) is 19.0 Å². The van der Waals surface area contributed by atoms with E-state index in [1.165, 1.54) is 0 Å². The SMILES string of the molecule is CC(C)(C)N1C[C@@H](OS(C)(=O)=O)C[C@H]1CO. The predicted octanol–water partition coefficient (Wildman–Crippen LogP) is 0.196. The van der Waals surface area contributed by atoms with Crippen LogP contribution in [0.2, 0.25) is 0 Å². The topological polar surface area (TPSA) is 66.8 Å². The van der Waals surface area contributed by atoms with Gasteiger partial charge in [-0.25, -0.2) is 0 Å². The highest BCUT2D eigenvalue weighted by atomic mass is 32.2. The summed E-state index contributed by atoms with van der Waals surface area (Å²) in [5.41, 5.74) is -0.0942. The Kier molecular flexibility index (Phi) is 3.99. The van der Waals surface area contributed by atoms with Gasteiger partial charge < -0.3 is 5.11 Å². The molecule has 1 saturated heterocycles. The summed E-state index contributed by atoms with van der Waals surface area (Å²) in [4.78, 5) is 2.09. The number of aliphatic hydroxyl groups is 1. The second-order valence-corrected chi connectivity index (χ2v) is 6.92. The lowest BCUT2D eigenvalue weighted by Gasteiger charge is -2.36. The van der Waals surface area contributed by atoms with Crippen molar-refractivity contribution >= 4 is 10.1 Å². The first-order valence-electron chi connectivity index (χ1n) is 5.39. The molecule has 0 saturated carbocycles. The molecule has 0 spiro atoms. The largest absolute Gasteiger partial charge is 0.395 e. The van der Waals surface area contributed by atoms with Crippen molar-refractivity contribution in [2.75, 3.05) is 19.4 Å². The summed E-state index contributed by atoms with van der Waals surface area (Å²) in [6.07, 6.45) is 1.27. The normalized spacial score (nSPS) is 28.6. The van der Waals surface area contributed by atoms with E-state index in [4.69, 9.17) is 4.18 Å². The Balaban J connectivity index is 2.71. The Morgan fingerprint density at radius 2 is 2.00 bits per heavy atom. The standard InChI is InChI=1S/C10H21NO4S/c1-10(2,3)11-6-9(5-8(11)7-12)15-16(4,13)14/h8-9,12H,5-7H2,1-4H3/t8-,9-/m0/s1. The molecule has 96 valence electrons. The average molecular weight is 251 g/mol. The number of aliphatic hydroxyl groups excluding tert-OH is 1.